The molecule has 1 amide bonds. The Morgan fingerprint density at radius 3 is 2.85 bits per heavy atom. The van der Waals surface area contributed by atoms with Crippen molar-refractivity contribution in [3.63, 3.8) is 0 Å². The van der Waals surface area contributed by atoms with E-state index in [4.69, 9.17) is 4.98 Å². The van der Waals surface area contributed by atoms with Gasteiger partial charge in [0.25, 0.3) is 5.91 Å². The lowest BCUT2D eigenvalue weighted by Crippen LogP contribution is -3.05. The van der Waals surface area contributed by atoms with Gasteiger partial charge in [-0.1, -0.05) is 30.4 Å². The Bertz CT molecular complexity index is 913. The SMILES string of the molecule is CCc1ccc2nc(N(CCC[NH+](C)C)C(=O)/C=C/c3cccs3)sc2c1. The molecule has 0 aliphatic heterocycles. The number of nitrogens with zero attached hydrogens (tertiary/aromatic N) is 2. The molecule has 0 atom stereocenters. The maximum atomic E-state index is 12.9. The molecular weight excluding hydrogens is 374 g/mol. The van der Waals surface area contributed by atoms with Crippen LogP contribution in [0.25, 0.3) is 16.3 Å². The van der Waals surface area contributed by atoms with E-state index >= 15 is 0 Å². The molecule has 6 heteroatoms. The Hall–Kier alpha value is -2.02. The number of amides is 1. The Morgan fingerprint density at radius 2 is 2.15 bits per heavy atom. The van der Waals surface area contributed by atoms with E-state index in [1.54, 1.807) is 28.7 Å². The summed E-state index contributed by atoms with van der Waals surface area (Å²) in [4.78, 5) is 21.9. The van der Waals surface area contributed by atoms with Crippen LogP contribution < -0.4 is 9.80 Å². The molecule has 0 aliphatic carbocycles. The van der Waals surface area contributed by atoms with E-state index in [0.717, 1.165) is 39.6 Å². The minimum absolute atomic E-state index is 0.00747. The summed E-state index contributed by atoms with van der Waals surface area (Å²) in [7, 11) is 4.26. The number of anilines is 1. The van der Waals surface area contributed by atoms with Crippen LogP contribution in [-0.4, -0.2) is 38.1 Å². The largest absolute Gasteiger partial charge is 0.340 e. The molecule has 1 N–H and O–H groups in total. The number of aryl methyl sites for hydroxylation is 1. The van der Waals surface area contributed by atoms with Crippen LogP contribution in [0, 0.1) is 0 Å². The van der Waals surface area contributed by atoms with Crippen molar-refractivity contribution >= 4 is 50.0 Å². The molecule has 3 rings (SSSR count). The lowest BCUT2D eigenvalue weighted by molar-refractivity contribution is -0.858. The fourth-order valence-electron chi connectivity index (χ4n) is 2.81. The van der Waals surface area contributed by atoms with E-state index in [1.807, 2.05) is 28.5 Å². The topological polar surface area (TPSA) is 37.6 Å². The van der Waals surface area contributed by atoms with Crippen LogP contribution in [0.4, 0.5) is 5.13 Å². The first-order valence-electron chi connectivity index (χ1n) is 9.28. The molecule has 2 heterocycles. The predicted octanol–water partition coefficient (Wildman–Crippen LogP) is 3.50. The van der Waals surface area contributed by atoms with E-state index in [-0.39, 0.29) is 5.91 Å². The van der Waals surface area contributed by atoms with E-state index in [1.165, 1.54) is 10.5 Å². The fraction of sp³-hybridized carbons (Fsp3) is 0.333. The third-order valence-electron chi connectivity index (χ3n) is 4.34. The minimum Gasteiger partial charge on any atom is -0.340 e. The minimum atomic E-state index is -0.00747. The molecule has 2 aromatic heterocycles. The number of hydrogen-bond acceptors (Lipinski definition) is 4. The number of rotatable bonds is 8. The van der Waals surface area contributed by atoms with Crippen molar-refractivity contribution in [2.24, 2.45) is 0 Å². The Balaban J connectivity index is 1.85. The van der Waals surface area contributed by atoms with Crippen molar-refractivity contribution in [3.8, 4) is 0 Å². The lowest BCUT2D eigenvalue weighted by Gasteiger charge is -2.18. The molecule has 0 spiro atoms. The van der Waals surface area contributed by atoms with Gasteiger partial charge >= 0.3 is 0 Å². The van der Waals surface area contributed by atoms with Gasteiger partial charge in [0.15, 0.2) is 5.13 Å². The van der Waals surface area contributed by atoms with Crippen molar-refractivity contribution < 1.29 is 9.69 Å². The van der Waals surface area contributed by atoms with Crippen LogP contribution in [0.15, 0.2) is 41.8 Å². The molecule has 0 saturated heterocycles. The third kappa shape index (κ3) is 5.25. The zero-order valence-electron chi connectivity index (χ0n) is 16.1. The van der Waals surface area contributed by atoms with E-state index in [0.29, 0.717) is 6.54 Å². The van der Waals surface area contributed by atoms with Gasteiger partial charge in [0.1, 0.15) is 0 Å². The number of carbonyl (C=O) groups excluding carboxylic acids is 1. The van der Waals surface area contributed by atoms with Gasteiger partial charge in [-0.3, -0.25) is 9.69 Å². The van der Waals surface area contributed by atoms with E-state index in [9.17, 15) is 4.79 Å². The predicted molar refractivity (Wildman–Crippen MR) is 117 cm³/mol. The molecule has 0 saturated carbocycles. The van der Waals surface area contributed by atoms with Crippen LogP contribution in [0.1, 0.15) is 23.8 Å². The standard InChI is InChI=1S/C21H25N3OS2/c1-4-16-8-10-18-19(15-16)27-21(22-18)24(13-6-12-23(2)3)20(25)11-9-17-7-5-14-26-17/h5,7-11,14-15H,4,6,12-13H2,1-3H3/p+1/b11-9+. The maximum Gasteiger partial charge on any atom is 0.252 e. The molecule has 4 nitrogen and oxygen atoms in total. The van der Waals surface area contributed by atoms with Gasteiger partial charge < -0.3 is 4.90 Å². The smallest absolute Gasteiger partial charge is 0.252 e. The summed E-state index contributed by atoms with van der Waals surface area (Å²) in [5, 5.41) is 2.80. The quantitative estimate of drug-likeness (QED) is 0.588. The number of aromatic nitrogens is 1. The van der Waals surface area contributed by atoms with Gasteiger partial charge in [-0.2, -0.15) is 0 Å². The molecule has 3 aromatic rings. The summed E-state index contributed by atoms with van der Waals surface area (Å²) < 4.78 is 1.14. The van der Waals surface area contributed by atoms with Crippen molar-refractivity contribution in [3.05, 3.63) is 52.2 Å². The van der Waals surface area contributed by atoms with Crippen LogP contribution in [0.5, 0.6) is 0 Å². The fourth-order valence-corrected chi connectivity index (χ4v) is 4.49. The molecule has 142 valence electrons. The number of benzene rings is 1. The molecule has 1 aromatic carbocycles. The van der Waals surface area contributed by atoms with Gasteiger partial charge in [0.05, 0.1) is 30.9 Å². The van der Waals surface area contributed by atoms with Gasteiger partial charge in [0, 0.05) is 23.9 Å². The second-order valence-electron chi connectivity index (χ2n) is 6.80. The number of carbonyl (C=O) groups is 1. The van der Waals surface area contributed by atoms with Crippen LogP contribution >= 0.6 is 22.7 Å². The zero-order valence-corrected chi connectivity index (χ0v) is 17.7. The van der Waals surface area contributed by atoms with Gasteiger partial charge in [0.2, 0.25) is 0 Å². The second-order valence-corrected chi connectivity index (χ2v) is 8.79. The van der Waals surface area contributed by atoms with Crippen molar-refractivity contribution in [1.82, 2.24) is 4.98 Å². The van der Waals surface area contributed by atoms with Gasteiger partial charge in [-0.25, -0.2) is 4.98 Å². The first kappa shape index (κ1) is 19.7. The first-order valence-corrected chi connectivity index (χ1v) is 11.0. The van der Waals surface area contributed by atoms with E-state index < -0.39 is 0 Å². The van der Waals surface area contributed by atoms with Gasteiger partial charge in [-0.15, -0.1) is 11.3 Å². The van der Waals surface area contributed by atoms with Crippen LogP contribution in [-0.2, 0) is 11.2 Å². The summed E-state index contributed by atoms with van der Waals surface area (Å²) in [5.74, 6) is -0.00747. The number of thiophene rings is 1. The summed E-state index contributed by atoms with van der Waals surface area (Å²) >= 11 is 3.23. The number of nitrogens with one attached hydrogen (secondary N) is 1. The zero-order chi connectivity index (χ0) is 19.2. The molecule has 0 unspecified atom stereocenters. The number of hydrogen-bond donors (Lipinski definition) is 1. The Morgan fingerprint density at radius 1 is 1.30 bits per heavy atom. The molecule has 0 bridgehead atoms. The normalized spacial score (nSPS) is 11.7. The Kier molecular flexibility index (Phi) is 6.77. The summed E-state index contributed by atoms with van der Waals surface area (Å²) in [6, 6.07) is 10.4. The highest BCUT2D eigenvalue weighted by atomic mass is 32.1. The van der Waals surface area contributed by atoms with Gasteiger partial charge in [-0.05, 0) is 41.6 Å². The van der Waals surface area contributed by atoms with Crippen LogP contribution in [0.3, 0.4) is 0 Å². The number of quaternary nitrogens is 1. The van der Waals surface area contributed by atoms with Crippen molar-refractivity contribution in [1.29, 1.82) is 0 Å². The van der Waals surface area contributed by atoms with Crippen LogP contribution in [0.2, 0.25) is 0 Å². The Labute approximate surface area is 168 Å². The average Bonchev–Trinajstić information content (AvgIpc) is 3.31. The van der Waals surface area contributed by atoms with E-state index in [2.05, 4.69) is 39.2 Å². The lowest BCUT2D eigenvalue weighted by atomic mass is 10.2. The maximum absolute atomic E-state index is 12.9. The molecule has 0 fully saturated rings. The highest BCUT2D eigenvalue weighted by Gasteiger charge is 2.18. The monoisotopic (exact) mass is 400 g/mol. The first-order chi connectivity index (χ1) is 13.1. The molecule has 27 heavy (non-hydrogen) atoms. The summed E-state index contributed by atoms with van der Waals surface area (Å²) in [6.45, 7) is 3.85. The molecular formula is C21H26N3OS2+. The third-order valence-corrected chi connectivity index (χ3v) is 6.22. The second kappa shape index (κ2) is 9.26. The molecule has 0 radical (unpaired) electrons. The van der Waals surface area contributed by atoms with Crippen molar-refractivity contribution in [2.45, 2.75) is 19.8 Å². The highest BCUT2D eigenvalue weighted by Crippen LogP contribution is 2.30. The highest BCUT2D eigenvalue weighted by molar-refractivity contribution is 7.22. The molecule has 0 aliphatic rings. The number of fused-ring (bicyclic) bond motifs is 1. The van der Waals surface area contributed by atoms with Crippen molar-refractivity contribution in [2.75, 3.05) is 32.1 Å². The summed E-state index contributed by atoms with van der Waals surface area (Å²) in [6.07, 6.45) is 5.50. The summed E-state index contributed by atoms with van der Waals surface area (Å²) in [5.41, 5.74) is 2.26. The average molecular weight is 401 g/mol. The number of thiazole rings is 1.